The van der Waals surface area contributed by atoms with E-state index >= 15 is 0 Å². The van der Waals surface area contributed by atoms with E-state index < -0.39 is 5.97 Å². The quantitative estimate of drug-likeness (QED) is 0.741. The van der Waals surface area contributed by atoms with Crippen LogP contribution in [0.3, 0.4) is 0 Å². The molecule has 0 spiro atoms. The third-order valence-corrected chi connectivity index (χ3v) is 1.64. The number of allylic oxidation sites excluding steroid dienone is 1. The molecule has 1 aromatic carbocycles. The first-order chi connectivity index (χ1) is 6.59. The van der Waals surface area contributed by atoms with Crippen LogP contribution in [-0.2, 0) is 4.79 Å². The summed E-state index contributed by atoms with van der Waals surface area (Å²) in [5, 5.41) is 8.70. The van der Waals surface area contributed by atoms with Crippen molar-refractivity contribution in [3.8, 4) is 0 Å². The lowest BCUT2D eigenvalue weighted by molar-refractivity contribution is -0.112. The molecule has 1 aromatic rings. The molecule has 0 aromatic heterocycles. The van der Waals surface area contributed by atoms with Crippen LogP contribution < -0.4 is 0 Å². The van der Waals surface area contributed by atoms with Crippen molar-refractivity contribution in [3.63, 3.8) is 0 Å². The number of rotatable bonds is 3. The van der Waals surface area contributed by atoms with E-state index in [-0.39, 0.29) is 11.3 Å². The minimum atomic E-state index is -0.969. The zero-order chi connectivity index (χ0) is 10.6. The van der Waals surface area contributed by atoms with Gasteiger partial charge in [-0.1, -0.05) is 18.2 Å². The van der Waals surface area contributed by atoms with Crippen molar-refractivity contribution >= 4 is 17.8 Å². The van der Waals surface area contributed by atoms with Gasteiger partial charge in [0.25, 0.3) is 0 Å². The highest BCUT2D eigenvalue weighted by Gasteiger charge is 2.00. The van der Waals surface area contributed by atoms with Crippen molar-refractivity contribution in [2.75, 3.05) is 0 Å². The molecule has 3 heteroatoms. The van der Waals surface area contributed by atoms with Crippen molar-refractivity contribution in [2.45, 2.75) is 6.92 Å². The summed E-state index contributed by atoms with van der Waals surface area (Å²) in [7, 11) is 0. The van der Waals surface area contributed by atoms with Gasteiger partial charge in [-0.2, -0.15) is 0 Å². The second-order valence-electron chi connectivity index (χ2n) is 2.87. The number of aromatic carboxylic acids is 1. The van der Waals surface area contributed by atoms with Gasteiger partial charge in [0.15, 0.2) is 5.78 Å². The lowest BCUT2D eigenvalue weighted by atomic mass is 10.1. The number of benzene rings is 1. The van der Waals surface area contributed by atoms with Gasteiger partial charge < -0.3 is 5.11 Å². The molecule has 3 nitrogen and oxygen atoms in total. The highest BCUT2D eigenvalue weighted by Crippen LogP contribution is 2.06. The SMILES string of the molecule is CC(=O)C=Cc1cccc(C(=O)O)c1. The summed E-state index contributed by atoms with van der Waals surface area (Å²) < 4.78 is 0. The predicted octanol–water partition coefficient (Wildman–Crippen LogP) is 1.99. The molecule has 0 heterocycles. The van der Waals surface area contributed by atoms with Gasteiger partial charge in [-0.3, -0.25) is 4.79 Å². The molecule has 0 amide bonds. The molecule has 0 aliphatic rings. The number of carboxylic acid groups (broad SMARTS) is 1. The molecule has 0 saturated heterocycles. The Labute approximate surface area is 81.7 Å². The van der Waals surface area contributed by atoms with Crippen LogP contribution in [0.4, 0.5) is 0 Å². The number of ketones is 1. The Morgan fingerprint density at radius 1 is 1.36 bits per heavy atom. The molecule has 72 valence electrons. The summed E-state index contributed by atoms with van der Waals surface area (Å²) in [6, 6.07) is 6.41. The van der Waals surface area contributed by atoms with E-state index in [2.05, 4.69) is 0 Å². The van der Waals surface area contributed by atoms with Gasteiger partial charge in [0.2, 0.25) is 0 Å². The van der Waals surface area contributed by atoms with Gasteiger partial charge in [-0.25, -0.2) is 4.79 Å². The molecule has 0 fully saturated rings. The van der Waals surface area contributed by atoms with Crippen LogP contribution in [-0.4, -0.2) is 16.9 Å². The summed E-state index contributed by atoms with van der Waals surface area (Å²) in [6.07, 6.45) is 3.00. The second-order valence-corrected chi connectivity index (χ2v) is 2.87. The zero-order valence-electron chi connectivity index (χ0n) is 7.73. The maximum absolute atomic E-state index is 10.6. The fourth-order valence-electron chi connectivity index (χ4n) is 0.989. The molecule has 0 radical (unpaired) electrons. The lowest BCUT2D eigenvalue weighted by Gasteiger charge is -1.95. The van der Waals surface area contributed by atoms with Crippen LogP contribution in [0.2, 0.25) is 0 Å². The van der Waals surface area contributed by atoms with Crippen molar-refractivity contribution in [2.24, 2.45) is 0 Å². The molecular formula is C11H10O3. The first kappa shape index (κ1) is 10.2. The fourth-order valence-corrected chi connectivity index (χ4v) is 0.989. The number of hydrogen-bond acceptors (Lipinski definition) is 2. The van der Waals surface area contributed by atoms with Crippen LogP contribution in [0.15, 0.2) is 30.3 Å². The maximum atomic E-state index is 10.6. The van der Waals surface area contributed by atoms with E-state index in [0.717, 1.165) is 0 Å². The average molecular weight is 190 g/mol. The van der Waals surface area contributed by atoms with Crippen molar-refractivity contribution in [1.29, 1.82) is 0 Å². The normalized spacial score (nSPS) is 10.4. The standard InChI is InChI=1S/C11H10O3/c1-8(12)5-6-9-3-2-4-10(7-9)11(13)14/h2-7H,1H3,(H,13,14). The summed E-state index contributed by atoms with van der Waals surface area (Å²) in [6.45, 7) is 1.44. The van der Waals surface area contributed by atoms with Crippen LogP contribution >= 0.6 is 0 Å². The summed E-state index contributed by atoms with van der Waals surface area (Å²) in [5.74, 6) is -1.03. The largest absolute Gasteiger partial charge is 0.478 e. The molecule has 0 saturated carbocycles. The third kappa shape index (κ3) is 2.86. The van der Waals surface area contributed by atoms with E-state index in [4.69, 9.17) is 5.11 Å². The first-order valence-electron chi connectivity index (χ1n) is 4.11. The Kier molecular flexibility index (Phi) is 3.18. The Balaban J connectivity index is 2.94. The summed E-state index contributed by atoms with van der Waals surface area (Å²) in [4.78, 5) is 21.2. The Hall–Kier alpha value is -1.90. The topological polar surface area (TPSA) is 54.4 Å². The number of carbonyl (C=O) groups excluding carboxylic acids is 1. The smallest absolute Gasteiger partial charge is 0.335 e. The van der Waals surface area contributed by atoms with E-state index in [9.17, 15) is 9.59 Å². The second kappa shape index (κ2) is 4.37. The van der Waals surface area contributed by atoms with Crippen LogP contribution in [0.25, 0.3) is 6.08 Å². The highest BCUT2D eigenvalue weighted by atomic mass is 16.4. The molecule has 0 unspecified atom stereocenters. The molecular weight excluding hydrogens is 180 g/mol. The van der Waals surface area contributed by atoms with E-state index in [1.165, 1.54) is 25.1 Å². The molecule has 0 atom stereocenters. The van der Waals surface area contributed by atoms with Crippen molar-refractivity contribution < 1.29 is 14.7 Å². The Bertz CT molecular complexity index is 391. The van der Waals surface area contributed by atoms with E-state index in [1.807, 2.05) is 0 Å². The van der Waals surface area contributed by atoms with Gasteiger partial charge >= 0.3 is 5.97 Å². The average Bonchev–Trinajstić information content (AvgIpc) is 2.15. The molecule has 1 N–H and O–H groups in total. The maximum Gasteiger partial charge on any atom is 0.335 e. The molecule has 0 aliphatic heterocycles. The third-order valence-electron chi connectivity index (χ3n) is 1.64. The monoisotopic (exact) mass is 190 g/mol. The van der Waals surface area contributed by atoms with Gasteiger partial charge in [0.1, 0.15) is 0 Å². The number of carbonyl (C=O) groups is 2. The molecule has 0 bridgehead atoms. The lowest BCUT2D eigenvalue weighted by Crippen LogP contribution is -1.95. The van der Waals surface area contributed by atoms with Gasteiger partial charge in [0, 0.05) is 0 Å². The fraction of sp³-hybridized carbons (Fsp3) is 0.0909. The van der Waals surface area contributed by atoms with Crippen molar-refractivity contribution in [3.05, 3.63) is 41.5 Å². The van der Waals surface area contributed by atoms with Gasteiger partial charge in [-0.05, 0) is 30.7 Å². The minimum Gasteiger partial charge on any atom is -0.478 e. The zero-order valence-corrected chi connectivity index (χ0v) is 7.73. The van der Waals surface area contributed by atoms with Crippen LogP contribution in [0.1, 0.15) is 22.8 Å². The molecule has 1 rings (SSSR count). The summed E-state index contributed by atoms with van der Waals surface area (Å²) in [5.41, 5.74) is 0.927. The highest BCUT2D eigenvalue weighted by molar-refractivity contribution is 5.92. The van der Waals surface area contributed by atoms with Gasteiger partial charge in [0.05, 0.1) is 5.56 Å². The Morgan fingerprint density at radius 3 is 2.64 bits per heavy atom. The first-order valence-corrected chi connectivity index (χ1v) is 4.11. The predicted molar refractivity (Wildman–Crippen MR) is 53.1 cm³/mol. The summed E-state index contributed by atoms with van der Waals surface area (Å²) >= 11 is 0. The minimum absolute atomic E-state index is 0.0641. The van der Waals surface area contributed by atoms with E-state index in [1.54, 1.807) is 18.2 Å². The molecule has 14 heavy (non-hydrogen) atoms. The number of carboxylic acids is 1. The van der Waals surface area contributed by atoms with Crippen molar-refractivity contribution in [1.82, 2.24) is 0 Å². The van der Waals surface area contributed by atoms with Gasteiger partial charge in [-0.15, -0.1) is 0 Å². The van der Waals surface area contributed by atoms with Crippen LogP contribution in [0.5, 0.6) is 0 Å². The number of hydrogen-bond donors (Lipinski definition) is 1. The van der Waals surface area contributed by atoms with E-state index in [0.29, 0.717) is 5.56 Å². The van der Waals surface area contributed by atoms with Crippen LogP contribution in [0, 0.1) is 0 Å². The molecule has 0 aliphatic carbocycles. The Morgan fingerprint density at radius 2 is 2.07 bits per heavy atom.